The minimum Gasteiger partial charge on any atom is -0.382 e. The van der Waals surface area contributed by atoms with Crippen LogP contribution < -0.4 is 5.32 Å². The van der Waals surface area contributed by atoms with E-state index in [1.54, 1.807) is 0 Å². The zero-order valence-corrected chi connectivity index (χ0v) is 18.8. The average Bonchev–Trinajstić information content (AvgIpc) is 2.75. The van der Waals surface area contributed by atoms with Gasteiger partial charge >= 0.3 is 0 Å². The number of anilines is 1. The van der Waals surface area contributed by atoms with Gasteiger partial charge in [0.05, 0.1) is 22.1 Å². The van der Waals surface area contributed by atoms with Crippen LogP contribution in [0.5, 0.6) is 0 Å². The van der Waals surface area contributed by atoms with Gasteiger partial charge in [0.1, 0.15) is 0 Å². The van der Waals surface area contributed by atoms with Crippen LogP contribution in [0.2, 0.25) is 5.02 Å². The summed E-state index contributed by atoms with van der Waals surface area (Å²) >= 11 is 6.20. The minimum atomic E-state index is 0.500. The summed E-state index contributed by atoms with van der Waals surface area (Å²) in [5.74, 6) is 0. The van der Waals surface area contributed by atoms with Crippen LogP contribution in [0.25, 0.3) is 33.2 Å². The standard InChI is InChI=1S/C27H28ClN3/c1-18-9-14-22-25(17-18)30-24-16-15-23(29-21-7-5-3-2-4-6-8-21)26(27(24)31-22)19-10-12-20(28)13-11-19/h9-17,21,29H,2-8H2,1H3. The first kappa shape index (κ1) is 20.3. The number of aryl methyl sites for hydroxylation is 1. The molecule has 158 valence electrons. The van der Waals surface area contributed by atoms with Crippen LogP contribution in [-0.4, -0.2) is 16.0 Å². The quantitative estimate of drug-likeness (QED) is 0.336. The van der Waals surface area contributed by atoms with Crippen molar-refractivity contribution in [3.05, 3.63) is 65.2 Å². The van der Waals surface area contributed by atoms with Gasteiger partial charge in [-0.2, -0.15) is 0 Å². The van der Waals surface area contributed by atoms with Crippen LogP contribution in [0.3, 0.4) is 0 Å². The Morgan fingerprint density at radius 2 is 1.48 bits per heavy atom. The van der Waals surface area contributed by atoms with E-state index in [9.17, 15) is 0 Å². The Bertz CT molecular complexity index is 1210. The summed E-state index contributed by atoms with van der Waals surface area (Å²) < 4.78 is 0. The third kappa shape index (κ3) is 4.38. The average molecular weight is 430 g/mol. The number of hydrogen-bond donors (Lipinski definition) is 1. The molecule has 1 heterocycles. The predicted octanol–water partition coefficient (Wildman–Crippen LogP) is 7.94. The first-order chi connectivity index (χ1) is 15.2. The number of fused-ring (bicyclic) bond motifs is 2. The predicted molar refractivity (Wildman–Crippen MR) is 132 cm³/mol. The summed E-state index contributed by atoms with van der Waals surface area (Å²) in [6.07, 6.45) is 9.10. The lowest BCUT2D eigenvalue weighted by Gasteiger charge is -2.24. The van der Waals surface area contributed by atoms with E-state index in [-0.39, 0.29) is 0 Å². The van der Waals surface area contributed by atoms with E-state index in [1.165, 1.54) is 50.5 Å². The molecule has 0 amide bonds. The Labute approximate surface area is 188 Å². The SMILES string of the molecule is Cc1ccc2nc3c(-c4ccc(Cl)cc4)c(NC4CCCCCCC4)ccc3nc2c1. The molecule has 1 aliphatic rings. The molecular weight excluding hydrogens is 402 g/mol. The van der Waals surface area contributed by atoms with Gasteiger partial charge in [-0.15, -0.1) is 0 Å². The summed E-state index contributed by atoms with van der Waals surface area (Å²) in [7, 11) is 0. The number of halogens is 1. The first-order valence-electron chi connectivity index (χ1n) is 11.4. The van der Waals surface area contributed by atoms with Crippen molar-refractivity contribution in [2.75, 3.05) is 5.32 Å². The summed E-state index contributed by atoms with van der Waals surface area (Å²) in [5, 5.41) is 4.62. The van der Waals surface area contributed by atoms with E-state index in [0.29, 0.717) is 6.04 Å². The largest absolute Gasteiger partial charge is 0.382 e. The molecule has 31 heavy (non-hydrogen) atoms. The Kier molecular flexibility index (Phi) is 5.78. The Balaban J connectivity index is 1.66. The third-order valence-corrected chi connectivity index (χ3v) is 6.61. The normalized spacial score (nSPS) is 15.7. The van der Waals surface area contributed by atoms with Gasteiger partial charge in [0.2, 0.25) is 0 Å². The van der Waals surface area contributed by atoms with Crippen molar-refractivity contribution in [2.24, 2.45) is 0 Å². The second kappa shape index (κ2) is 8.84. The van der Waals surface area contributed by atoms with E-state index in [1.807, 2.05) is 12.1 Å². The van der Waals surface area contributed by atoms with E-state index < -0.39 is 0 Å². The number of rotatable bonds is 3. The molecule has 0 saturated heterocycles. The maximum Gasteiger partial charge on any atom is 0.0993 e. The molecule has 0 unspecified atom stereocenters. The second-order valence-electron chi connectivity index (χ2n) is 8.76. The molecule has 0 bridgehead atoms. The number of benzene rings is 3. The van der Waals surface area contributed by atoms with Crippen LogP contribution in [0.1, 0.15) is 50.5 Å². The van der Waals surface area contributed by atoms with Crippen molar-refractivity contribution in [2.45, 2.75) is 57.9 Å². The molecule has 1 aromatic heterocycles. The van der Waals surface area contributed by atoms with Gasteiger partial charge in [0, 0.05) is 22.3 Å². The van der Waals surface area contributed by atoms with Crippen molar-refractivity contribution < 1.29 is 0 Å². The highest BCUT2D eigenvalue weighted by atomic mass is 35.5. The van der Waals surface area contributed by atoms with Gasteiger partial charge in [-0.3, -0.25) is 0 Å². The summed E-state index contributed by atoms with van der Waals surface area (Å²) in [5.41, 5.74) is 8.30. The van der Waals surface area contributed by atoms with Crippen LogP contribution in [-0.2, 0) is 0 Å². The van der Waals surface area contributed by atoms with E-state index >= 15 is 0 Å². The molecule has 4 aromatic rings. The van der Waals surface area contributed by atoms with Gasteiger partial charge in [0.15, 0.2) is 0 Å². The van der Waals surface area contributed by atoms with E-state index in [0.717, 1.165) is 43.9 Å². The van der Waals surface area contributed by atoms with Crippen molar-refractivity contribution in [3.8, 4) is 11.1 Å². The molecular formula is C27H28ClN3. The van der Waals surface area contributed by atoms with Gasteiger partial charge < -0.3 is 5.32 Å². The molecule has 0 aliphatic heterocycles. The van der Waals surface area contributed by atoms with Gasteiger partial charge in [-0.05, 0) is 67.3 Å². The zero-order valence-electron chi connectivity index (χ0n) is 18.0. The second-order valence-corrected chi connectivity index (χ2v) is 9.20. The third-order valence-electron chi connectivity index (χ3n) is 6.36. The molecule has 4 heteroatoms. The smallest absolute Gasteiger partial charge is 0.0993 e. The van der Waals surface area contributed by atoms with Crippen molar-refractivity contribution in [3.63, 3.8) is 0 Å². The first-order valence-corrected chi connectivity index (χ1v) is 11.8. The van der Waals surface area contributed by atoms with Crippen molar-refractivity contribution in [1.82, 2.24) is 9.97 Å². The molecule has 3 aromatic carbocycles. The Morgan fingerprint density at radius 3 is 2.26 bits per heavy atom. The van der Waals surface area contributed by atoms with Crippen LogP contribution in [0.4, 0.5) is 5.69 Å². The molecule has 1 fully saturated rings. The van der Waals surface area contributed by atoms with Crippen molar-refractivity contribution in [1.29, 1.82) is 0 Å². The maximum absolute atomic E-state index is 6.20. The monoisotopic (exact) mass is 429 g/mol. The number of nitrogens with zero attached hydrogens (tertiary/aromatic N) is 2. The Hall–Kier alpha value is -2.65. The van der Waals surface area contributed by atoms with Gasteiger partial charge in [0.25, 0.3) is 0 Å². The maximum atomic E-state index is 6.20. The highest BCUT2D eigenvalue weighted by Crippen LogP contribution is 2.36. The highest BCUT2D eigenvalue weighted by molar-refractivity contribution is 6.30. The lowest BCUT2D eigenvalue weighted by atomic mass is 9.95. The van der Waals surface area contributed by atoms with Gasteiger partial charge in [-0.25, -0.2) is 9.97 Å². The molecule has 3 nitrogen and oxygen atoms in total. The minimum absolute atomic E-state index is 0.500. The summed E-state index contributed by atoms with van der Waals surface area (Å²) in [6.45, 7) is 2.09. The molecule has 1 saturated carbocycles. The van der Waals surface area contributed by atoms with E-state index in [2.05, 4.69) is 54.7 Å². The highest BCUT2D eigenvalue weighted by Gasteiger charge is 2.17. The fraction of sp³-hybridized carbons (Fsp3) is 0.333. The lowest BCUT2D eigenvalue weighted by molar-refractivity contribution is 0.471. The van der Waals surface area contributed by atoms with Gasteiger partial charge in [-0.1, -0.05) is 61.9 Å². The molecule has 1 N–H and O–H groups in total. The van der Waals surface area contributed by atoms with Crippen LogP contribution in [0, 0.1) is 6.92 Å². The number of hydrogen-bond acceptors (Lipinski definition) is 3. The fourth-order valence-electron chi connectivity index (χ4n) is 4.70. The van der Waals surface area contributed by atoms with E-state index in [4.69, 9.17) is 21.6 Å². The molecule has 1 aliphatic carbocycles. The topological polar surface area (TPSA) is 37.8 Å². The Morgan fingerprint density at radius 1 is 0.774 bits per heavy atom. The van der Waals surface area contributed by atoms with Crippen LogP contribution in [0.15, 0.2) is 54.6 Å². The number of nitrogens with one attached hydrogen (secondary N) is 1. The number of aromatic nitrogens is 2. The molecule has 0 radical (unpaired) electrons. The zero-order chi connectivity index (χ0) is 21.2. The molecule has 5 rings (SSSR count). The fourth-order valence-corrected chi connectivity index (χ4v) is 4.83. The molecule has 0 atom stereocenters. The summed E-state index contributed by atoms with van der Waals surface area (Å²) in [4.78, 5) is 10.0. The summed E-state index contributed by atoms with van der Waals surface area (Å²) in [6, 6.07) is 19.1. The van der Waals surface area contributed by atoms with Crippen LogP contribution >= 0.6 is 11.6 Å². The molecule has 0 spiro atoms. The van der Waals surface area contributed by atoms with Crippen molar-refractivity contribution >= 4 is 39.4 Å². The lowest BCUT2D eigenvalue weighted by Crippen LogP contribution is -2.21.